The number of benzene rings is 1. The summed E-state index contributed by atoms with van der Waals surface area (Å²) in [5.41, 5.74) is 2.77. The summed E-state index contributed by atoms with van der Waals surface area (Å²) < 4.78 is 10.1. The van der Waals surface area contributed by atoms with Crippen LogP contribution in [0.4, 0.5) is 0 Å². The van der Waals surface area contributed by atoms with Gasteiger partial charge in [-0.15, -0.1) is 0 Å². The van der Waals surface area contributed by atoms with Crippen molar-refractivity contribution in [2.24, 2.45) is 4.99 Å². The second kappa shape index (κ2) is 9.23. The third kappa shape index (κ3) is 5.20. The molecule has 130 valence electrons. The van der Waals surface area contributed by atoms with Gasteiger partial charge in [0.05, 0.1) is 25.5 Å². The van der Waals surface area contributed by atoms with Gasteiger partial charge < -0.3 is 14.6 Å². The van der Waals surface area contributed by atoms with Crippen molar-refractivity contribution in [1.82, 2.24) is 0 Å². The summed E-state index contributed by atoms with van der Waals surface area (Å²) in [5.74, 6) is 0.526. The van der Waals surface area contributed by atoms with E-state index in [9.17, 15) is 9.90 Å². The molecule has 5 heteroatoms. The molecule has 1 N–H and O–H groups in total. The maximum atomic E-state index is 11.5. The first kappa shape index (κ1) is 18.2. The highest BCUT2D eigenvalue weighted by Crippen LogP contribution is 2.22. The van der Waals surface area contributed by atoms with Crippen molar-refractivity contribution in [2.75, 3.05) is 20.3 Å². The molecular formula is C19H25NO4. The Bertz CT molecular complexity index is 604. The number of methoxy groups -OCH3 is 1. The first-order valence-electron chi connectivity index (χ1n) is 8.37. The fourth-order valence-corrected chi connectivity index (χ4v) is 2.69. The van der Waals surface area contributed by atoms with E-state index in [0.717, 1.165) is 29.7 Å². The van der Waals surface area contributed by atoms with Crippen LogP contribution in [0.3, 0.4) is 0 Å². The molecule has 0 aliphatic carbocycles. The minimum absolute atomic E-state index is 0.198. The van der Waals surface area contributed by atoms with Crippen molar-refractivity contribution >= 4 is 17.8 Å². The molecule has 0 spiro atoms. The Kier molecular flexibility index (Phi) is 7.00. The van der Waals surface area contributed by atoms with E-state index >= 15 is 0 Å². The SMILES string of the molecule is CCOC(=O)CC[C@H](O)C1=NCCC/C1=C\c1ccc(OC)cc1. The van der Waals surface area contributed by atoms with Crippen LogP contribution in [0.1, 0.15) is 38.2 Å². The number of nitrogens with zero attached hydrogens (tertiary/aromatic N) is 1. The predicted octanol–water partition coefficient (Wildman–Crippen LogP) is 3.02. The standard InChI is InChI=1S/C19H25NO4/c1-3-24-18(22)11-10-17(21)19-15(5-4-12-20-19)13-14-6-8-16(23-2)9-7-14/h6-9,13,17,21H,3-5,10-12H2,1-2H3/b15-13+/t17-/m0/s1. The van der Waals surface area contributed by atoms with Crippen LogP contribution in [0.2, 0.25) is 0 Å². The van der Waals surface area contributed by atoms with Gasteiger partial charge in [-0.2, -0.15) is 0 Å². The van der Waals surface area contributed by atoms with Crippen LogP contribution in [-0.4, -0.2) is 43.2 Å². The molecule has 2 rings (SSSR count). The molecule has 0 amide bonds. The Labute approximate surface area is 143 Å². The molecule has 0 saturated heterocycles. The van der Waals surface area contributed by atoms with Gasteiger partial charge in [0.2, 0.25) is 0 Å². The third-order valence-corrected chi connectivity index (χ3v) is 3.91. The number of rotatable bonds is 7. The van der Waals surface area contributed by atoms with E-state index in [1.54, 1.807) is 14.0 Å². The topological polar surface area (TPSA) is 68.1 Å². The number of ether oxygens (including phenoxy) is 2. The Morgan fingerprint density at radius 2 is 2.12 bits per heavy atom. The lowest BCUT2D eigenvalue weighted by Crippen LogP contribution is -2.26. The lowest BCUT2D eigenvalue weighted by molar-refractivity contribution is -0.143. The summed E-state index contributed by atoms with van der Waals surface area (Å²) in [6, 6.07) is 7.76. The third-order valence-electron chi connectivity index (χ3n) is 3.91. The summed E-state index contributed by atoms with van der Waals surface area (Å²) >= 11 is 0. The highest BCUT2D eigenvalue weighted by Gasteiger charge is 2.21. The smallest absolute Gasteiger partial charge is 0.305 e. The highest BCUT2D eigenvalue weighted by molar-refractivity contribution is 6.07. The average molecular weight is 331 g/mol. The van der Waals surface area contributed by atoms with E-state index < -0.39 is 6.10 Å². The number of aliphatic imine (C=N–C) groups is 1. The molecule has 0 bridgehead atoms. The fourth-order valence-electron chi connectivity index (χ4n) is 2.69. The lowest BCUT2D eigenvalue weighted by atomic mass is 9.93. The molecule has 0 fully saturated rings. The van der Waals surface area contributed by atoms with E-state index in [-0.39, 0.29) is 12.4 Å². The van der Waals surface area contributed by atoms with Gasteiger partial charge in [-0.3, -0.25) is 9.79 Å². The van der Waals surface area contributed by atoms with E-state index in [2.05, 4.69) is 4.99 Å². The second-order valence-electron chi connectivity index (χ2n) is 5.67. The number of carbonyl (C=O) groups is 1. The van der Waals surface area contributed by atoms with Crippen LogP contribution in [0, 0.1) is 0 Å². The largest absolute Gasteiger partial charge is 0.497 e. The van der Waals surface area contributed by atoms with Gasteiger partial charge in [-0.05, 0) is 55.5 Å². The van der Waals surface area contributed by atoms with Gasteiger partial charge in [-0.1, -0.05) is 12.1 Å². The van der Waals surface area contributed by atoms with Gasteiger partial charge in [0.15, 0.2) is 0 Å². The normalized spacial score (nSPS) is 17.3. The molecule has 5 nitrogen and oxygen atoms in total. The quantitative estimate of drug-likeness (QED) is 0.780. The second-order valence-corrected chi connectivity index (χ2v) is 5.67. The van der Waals surface area contributed by atoms with E-state index in [1.807, 2.05) is 30.3 Å². The predicted molar refractivity (Wildman–Crippen MR) is 94.4 cm³/mol. The number of aliphatic hydroxyl groups is 1. The number of esters is 1. The Hall–Kier alpha value is -2.14. The summed E-state index contributed by atoms with van der Waals surface area (Å²) in [4.78, 5) is 15.9. The minimum atomic E-state index is -0.737. The molecule has 1 aliphatic rings. The molecule has 1 atom stereocenters. The summed E-state index contributed by atoms with van der Waals surface area (Å²) in [7, 11) is 1.64. The maximum absolute atomic E-state index is 11.5. The van der Waals surface area contributed by atoms with Crippen LogP contribution in [0.5, 0.6) is 5.75 Å². The highest BCUT2D eigenvalue weighted by atomic mass is 16.5. The molecule has 1 aromatic carbocycles. The van der Waals surface area contributed by atoms with Crippen LogP contribution in [0.15, 0.2) is 34.8 Å². The Morgan fingerprint density at radius 3 is 2.79 bits per heavy atom. The van der Waals surface area contributed by atoms with Crippen molar-refractivity contribution in [1.29, 1.82) is 0 Å². The molecule has 24 heavy (non-hydrogen) atoms. The molecule has 0 unspecified atom stereocenters. The monoisotopic (exact) mass is 331 g/mol. The lowest BCUT2D eigenvalue weighted by Gasteiger charge is -2.20. The van der Waals surface area contributed by atoms with Crippen LogP contribution >= 0.6 is 0 Å². The van der Waals surface area contributed by atoms with Crippen molar-refractivity contribution in [3.63, 3.8) is 0 Å². The molecule has 0 saturated carbocycles. The summed E-state index contributed by atoms with van der Waals surface area (Å²) in [6.45, 7) is 2.85. The number of hydrogen-bond donors (Lipinski definition) is 1. The number of hydrogen-bond acceptors (Lipinski definition) is 5. The van der Waals surface area contributed by atoms with Crippen molar-refractivity contribution in [3.05, 3.63) is 35.4 Å². The molecule has 1 heterocycles. The number of carbonyl (C=O) groups excluding carboxylic acids is 1. The van der Waals surface area contributed by atoms with Crippen molar-refractivity contribution in [2.45, 2.75) is 38.7 Å². The molecule has 1 aromatic rings. The first-order valence-corrected chi connectivity index (χ1v) is 8.37. The van der Waals surface area contributed by atoms with E-state index in [1.165, 1.54) is 0 Å². The summed E-state index contributed by atoms with van der Waals surface area (Å²) in [5, 5.41) is 10.4. The van der Waals surface area contributed by atoms with Gasteiger partial charge >= 0.3 is 5.97 Å². The zero-order valence-corrected chi connectivity index (χ0v) is 14.3. The van der Waals surface area contributed by atoms with Crippen LogP contribution in [-0.2, 0) is 9.53 Å². The van der Waals surface area contributed by atoms with E-state index in [4.69, 9.17) is 9.47 Å². The van der Waals surface area contributed by atoms with Gasteiger partial charge in [0.25, 0.3) is 0 Å². The molecule has 0 radical (unpaired) electrons. The van der Waals surface area contributed by atoms with Crippen LogP contribution in [0.25, 0.3) is 6.08 Å². The average Bonchev–Trinajstić information content (AvgIpc) is 2.61. The zero-order chi connectivity index (χ0) is 17.4. The van der Waals surface area contributed by atoms with Crippen molar-refractivity contribution < 1.29 is 19.4 Å². The summed E-state index contributed by atoms with van der Waals surface area (Å²) in [6.07, 6.45) is 3.68. The Balaban J connectivity index is 2.07. The van der Waals surface area contributed by atoms with Gasteiger partial charge in [0.1, 0.15) is 5.75 Å². The molecule has 1 aliphatic heterocycles. The van der Waals surface area contributed by atoms with E-state index in [0.29, 0.717) is 25.3 Å². The zero-order valence-electron chi connectivity index (χ0n) is 14.3. The molecular weight excluding hydrogens is 306 g/mol. The molecule has 0 aromatic heterocycles. The maximum Gasteiger partial charge on any atom is 0.305 e. The van der Waals surface area contributed by atoms with Crippen LogP contribution < -0.4 is 4.74 Å². The minimum Gasteiger partial charge on any atom is -0.497 e. The Morgan fingerprint density at radius 1 is 1.38 bits per heavy atom. The first-order chi connectivity index (χ1) is 11.6. The van der Waals surface area contributed by atoms with Gasteiger partial charge in [-0.25, -0.2) is 0 Å². The number of aliphatic hydroxyl groups excluding tert-OH is 1. The van der Waals surface area contributed by atoms with Gasteiger partial charge in [0, 0.05) is 13.0 Å². The fraction of sp³-hybridized carbons (Fsp3) is 0.474. The van der Waals surface area contributed by atoms with Crippen molar-refractivity contribution in [3.8, 4) is 5.75 Å².